The van der Waals surface area contributed by atoms with Crippen molar-refractivity contribution in [3.8, 4) is 0 Å². The maximum atomic E-state index is 14.0. The van der Waals surface area contributed by atoms with Crippen molar-refractivity contribution >= 4 is 59.9 Å². The number of thiazole rings is 1. The average molecular weight is 574 g/mol. The fourth-order valence-electron chi connectivity index (χ4n) is 4.15. The van der Waals surface area contributed by atoms with Crippen LogP contribution in [0.5, 0.6) is 0 Å². The third kappa shape index (κ3) is 6.07. The number of hydrogen-bond acceptors (Lipinski definition) is 7. The van der Waals surface area contributed by atoms with Crippen molar-refractivity contribution in [2.24, 2.45) is 0 Å². The van der Waals surface area contributed by atoms with Gasteiger partial charge in [-0.25, -0.2) is 17.8 Å². The highest BCUT2D eigenvalue weighted by atomic mass is 35.5. The molecule has 1 amide bonds. The Morgan fingerprint density at radius 1 is 1.00 bits per heavy atom. The van der Waals surface area contributed by atoms with E-state index in [0.29, 0.717) is 34.9 Å². The van der Waals surface area contributed by atoms with E-state index in [9.17, 15) is 17.6 Å². The average Bonchev–Trinajstić information content (AvgIpc) is 3.35. The lowest BCUT2D eigenvalue weighted by Gasteiger charge is -2.34. The molecule has 4 aromatic rings. The fraction of sp³-hybridized carbons (Fsp3) is 0.231. The van der Waals surface area contributed by atoms with Crippen LogP contribution in [-0.2, 0) is 10.0 Å². The standard InChI is InChI=1S/C26H25ClFN5O3S2/c27-19-6-10-21(11-7-19)38(35,36)31-20-8-4-18(5-9-20)25(34)29-12-13-32-14-16-33(17-15-32)26-30-24-22(28)2-1-3-23(24)37-26/h1-11,31H,12-17H2,(H,29,34). The molecule has 0 spiro atoms. The van der Waals surface area contributed by atoms with E-state index in [1.807, 2.05) is 6.07 Å². The molecule has 198 valence electrons. The normalized spacial score (nSPS) is 14.5. The molecule has 3 aromatic carbocycles. The second-order valence-corrected chi connectivity index (χ2v) is 11.9. The van der Waals surface area contributed by atoms with Crippen molar-refractivity contribution in [1.82, 2.24) is 15.2 Å². The molecule has 1 aliphatic heterocycles. The summed E-state index contributed by atoms with van der Waals surface area (Å²) in [5, 5.41) is 4.19. The lowest BCUT2D eigenvalue weighted by Crippen LogP contribution is -2.48. The SMILES string of the molecule is O=C(NCCN1CCN(c2nc3c(F)cccc3s2)CC1)c1ccc(NS(=O)(=O)c2ccc(Cl)cc2)cc1. The number of halogens is 2. The Balaban J connectivity index is 1.07. The van der Waals surface area contributed by atoms with Crippen LogP contribution in [0.15, 0.2) is 71.6 Å². The molecule has 2 heterocycles. The first-order valence-corrected chi connectivity index (χ1v) is 14.7. The quantitative estimate of drug-likeness (QED) is 0.324. The molecular weight excluding hydrogens is 549 g/mol. The van der Waals surface area contributed by atoms with Crippen molar-refractivity contribution in [3.63, 3.8) is 0 Å². The van der Waals surface area contributed by atoms with Crippen LogP contribution in [0.1, 0.15) is 10.4 Å². The summed E-state index contributed by atoms with van der Waals surface area (Å²) in [6.07, 6.45) is 0. The number of fused-ring (bicyclic) bond motifs is 1. The predicted octanol–water partition coefficient (Wildman–Crippen LogP) is 4.44. The number of aromatic nitrogens is 1. The number of nitrogens with zero attached hydrogens (tertiary/aromatic N) is 3. The Hall–Kier alpha value is -3.25. The molecule has 0 bridgehead atoms. The third-order valence-electron chi connectivity index (χ3n) is 6.24. The second kappa shape index (κ2) is 11.2. The van der Waals surface area contributed by atoms with Gasteiger partial charge in [-0.3, -0.25) is 14.4 Å². The number of carbonyl (C=O) groups excluding carboxylic acids is 1. The highest BCUT2D eigenvalue weighted by Gasteiger charge is 2.21. The van der Waals surface area contributed by atoms with Crippen LogP contribution in [0.4, 0.5) is 15.2 Å². The number of carbonyl (C=O) groups is 1. The van der Waals surface area contributed by atoms with Gasteiger partial charge in [0.25, 0.3) is 15.9 Å². The van der Waals surface area contributed by atoms with E-state index in [1.54, 1.807) is 30.3 Å². The maximum Gasteiger partial charge on any atom is 0.261 e. The Labute approximate surface area is 229 Å². The van der Waals surface area contributed by atoms with E-state index in [-0.39, 0.29) is 16.6 Å². The smallest absolute Gasteiger partial charge is 0.261 e. The summed E-state index contributed by atoms with van der Waals surface area (Å²) in [6.45, 7) is 4.38. The first kappa shape index (κ1) is 26.4. The maximum absolute atomic E-state index is 14.0. The lowest BCUT2D eigenvalue weighted by atomic mass is 10.2. The zero-order chi connectivity index (χ0) is 26.7. The number of anilines is 2. The van der Waals surface area contributed by atoms with Gasteiger partial charge in [-0.2, -0.15) is 0 Å². The molecule has 0 atom stereocenters. The van der Waals surface area contributed by atoms with Gasteiger partial charge in [0.05, 0.1) is 9.60 Å². The lowest BCUT2D eigenvalue weighted by molar-refractivity contribution is 0.0948. The van der Waals surface area contributed by atoms with E-state index >= 15 is 0 Å². The molecule has 1 aliphatic rings. The van der Waals surface area contributed by atoms with Crippen molar-refractivity contribution in [2.45, 2.75) is 4.90 Å². The molecule has 8 nitrogen and oxygen atoms in total. The molecular formula is C26H25ClFN5O3S2. The van der Waals surface area contributed by atoms with Crippen LogP contribution in [0.25, 0.3) is 10.2 Å². The topological polar surface area (TPSA) is 94.6 Å². The zero-order valence-electron chi connectivity index (χ0n) is 20.2. The summed E-state index contributed by atoms with van der Waals surface area (Å²) < 4.78 is 42.3. The largest absolute Gasteiger partial charge is 0.351 e. The first-order valence-electron chi connectivity index (χ1n) is 12.0. The number of benzene rings is 3. The molecule has 0 unspecified atom stereocenters. The van der Waals surface area contributed by atoms with E-state index in [4.69, 9.17) is 11.6 Å². The predicted molar refractivity (Wildman–Crippen MR) is 149 cm³/mol. The summed E-state index contributed by atoms with van der Waals surface area (Å²) in [4.78, 5) is 21.6. The Bertz CT molecular complexity index is 1540. The van der Waals surface area contributed by atoms with Crippen molar-refractivity contribution in [2.75, 3.05) is 48.9 Å². The summed E-state index contributed by atoms with van der Waals surface area (Å²) in [5.74, 6) is -0.527. The summed E-state index contributed by atoms with van der Waals surface area (Å²) in [5.41, 5.74) is 1.21. The Morgan fingerprint density at radius 2 is 1.71 bits per heavy atom. The van der Waals surface area contributed by atoms with Crippen molar-refractivity contribution < 1.29 is 17.6 Å². The summed E-state index contributed by atoms with van der Waals surface area (Å²) >= 11 is 7.32. The third-order valence-corrected chi connectivity index (χ3v) is 8.97. The molecule has 38 heavy (non-hydrogen) atoms. The van der Waals surface area contributed by atoms with Gasteiger partial charge in [-0.05, 0) is 60.7 Å². The van der Waals surface area contributed by atoms with Gasteiger partial charge in [-0.1, -0.05) is 29.0 Å². The number of piperazine rings is 1. The van der Waals surface area contributed by atoms with Crippen LogP contribution >= 0.6 is 22.9 Å². The number of hydrogen-bond donors (Lipinski definition) is 2. The summed E-state index contributed by atoms with van der Waals surface area (Å²) in [7, 11) is -3.76. The van der Waals surface area contributed by atoms with Gasteiger partial charge in [-0.15, -0.1) is 0 Å². The molecule has 5 rings (SSSR count). The summed E-state index contributed by atoms with van der Waals surface area (Å²) in [6, 6.07) is 17.1. The van der Waals surface area contributed by atoms with Crippen LogP contribution < -0.4 is 14.9 Å². The Kier molecular flexibility index (Phi) is 7.80. The molecule has 12 heteroatoms. The van der Waals surface area contributed by atoms with Gasteiger partial charge < -0.3 is 10.2 Å². The minimum absolute atomic E-state index is 0.0959. The monoisotopic (exact) mass is 573 g/mol. The van der Waals surface area contributed by atoms with E-state index in [0.717, 1.165) is 36.0 Å². The number of para-hydroxylation sites is 1. The van der Waals surface area contributed by atoms with Crippen LogP contribution in [-0.4, -0.2) is 63.5 Å². The molecule has 0 radical (unpaired) electrons. The molecule has 1 fully saturated rings. The van der Waals surface area contributed by atoms with Gasteiger partial charge in [0.15, 0.2) is 5.13 Å². The number of rotatable bonds is 8. The Morgan fingerprint density at radius 3 is 2.39 bits per heavy atom. The minimum atomic E-state index is -3.76. The van der Waals surface area contributed by atoms with Crippen LogP contribution in [0.2, 0.25) is 5.02 Å². The first-order chi connectivity index (χ1) is 18.3. The molecule has 0 aliphatic carbocycles. The van der Waals surface area contributed by atoms with Gasteiger partial charge >= 0.3 is 0 Å². The number of nitrogens with one attached hydrogen (secondary N) is 2. The number of sulfonamides is 1. The fourth-order valence-corrected chi connectivity index (χ4v) is 6.36. The molecule has 2 N–H and O–H groups in total. The van der Waals surface area contributed by atoms with Gasteiger partial charge in [0.1, 0.15) is 11.3 Å². The second-order valence-electron chi connectivity index (χ2n) is 8.80. The molecule has 1 aromatic heterocycles. The molecule has 1 saturated heterocycles. The van der Waals surface area contributed by atoms with Gasteiger partial charge in [0.2, 0.25) is 0 Å². The van der Waals surface area contributed by atoms with Crippen LogP contribution in [0, 0.1) is 5.82 Å². The zero-order valence-corrected chi connectivity index (χ0v) is 22.6. The highest BCUT2D eigenvalue weighted by molar-refractivity contribution is 7.92. The van der Waals surface area contributed by atoms with Crippen LogP contribution in [0.3, 0.4) is 0 Å². The van der Waals surface area contributed by atoms with E-state index in [2.05, 4.69) is 24.8 Å². The van der Waals surface area contributed by atoms with E-state index < -0.39 is 10.0 Å². The highest BCUT2D eigenvalue weighted by Crippen LogP contribution is 2.30. The van der Waals surface area contributed by atoms with Crippen molar-refractivity contribution in [3.05, 3.63) is 83.1 Å². The van der Waals surface area contributed by atoms with E-state index in [1.165, 1.54) is 41.7 Å². The number of amides is 1. The minimum Gasteiger partial charge on any atom is -0.351 e. The van der Waals surface area contributed by atoms with Gasteiger partial charge in [0, 0.05) is 55.5 Å². The molecule has 0 saturated carbocycles. The van der Waals surface area contributed by atoms with Crippen molar-refractivity contribution in [1.29, 1.82) is 0 Å².